The number of nitrogens with one attached hydrogen (secondary N) is 1. The third-order valence-corrected chi connectivity index (χ3v) is 8.07. The van der Waals surface area contributed by atoms with E-state index in [0.29, 0.717) is 24.1 Å². The van der Waals surface area contributed by atoms with Crippen LogP contribution in [0, 0.1) is 5.92 Å². The van der Waals surface area contributed by atoms with Crippen molar-refractivity contribution in [1.82, 2.24) is 10.2 Å². The topological polar surface area (TPSA) is 71.0 Å². The number of phenols is 1. The Hall–Kier alpha value is -2.73. The maximum absolute atomic E-state index is 12.9. The van der Waals surface area contributed by atoms with Crippen LogP contribution in [0.2, 0.25) is 0 Å². The third kappa shape index (κ3) is 3.07. The molecule has 5 atom stereocenters. The fraction of sp³-hybridized carbons (Fsp3) is 0.500. The van der Waals surface area contributed by atoms with Crippen LogP contribution in [0.15, 0.2) is 36.4 Å². The molecule has 2 heterocycles. The summed E-state index contributed by atoms with van der Waals surface area (Å²) in [5.74, 6) is 1.93. The lowest BCUT2D eigenvalue weighted by atomic mass is 9.55. The number of likely N-dealkylation sites (tertiary alicyclic amines) is 1. The van der Waals surface area contributed by atoms with Crippen molar-refractivity contribution in [2.24, 2.45) is 5.92 Å². The van der Waals surface area contributed by atoms with Gasteiger partial charge in [-0.2, -0.15) is 0 Å². The summed E-state index contributed by atoms with van der Waals surface area (Å²) in [6, 6.07) is 11.6. The van der Waals surface area contributed by atoms with Crippen molar-refractivity contribution in [3.8, 4) is 17.2 Å². The van der Waals surface area contributed by atoms with Gasteiger partial charge in [0.25, 0.3) is 0 Å². The molecule has 0 saturated carbocycles. The number of ether oxygens (including phenoxy) is 2. The lowest BCUT2D eigenvalue weighted by Crippen LogP contribution is -2.64. The maximum atomic E-state index is 12.9. The number of piperidine rings is 1. The number of likely N-dealkylation sites (N-methyl/N-ethyl adjacent to an activating group) is 1. The smallest absolute Gasteiger partial charge is 0.224 e. The molecule has 0 aromatic heterocycles. The molecule has 2 aliphatic heterocycles. The fourth-order valence-corrected chi connectivity index (χ4v) is 6.44. The molecule has 1 saturated heterocycles. The number of fused-ring (bicyclic) bond motifs is 1. The van der Waals surface area contributed by atoms with Crippen LogP contribution in [0.3, 0.4) is 0 Å². The zero-order valence-electron chi connectivity index (χ0n) is 19.2. The van der Waals surface area contributed by atoms with Crippen molar-refractivity contribution < 1.29 is 19.4 Å². The number of rotatable bonds is 5. The van der Waals surface area contributed by atoms with E-state index in [1.54, 1.807) is 13.2 Å². The van der Waals surface area contributed by atoms with Crippen molar-refractivity contribution in [2.75, 3.05) is 20.7 Å². The van der Waals surface area contributed by atoms with Gasteiger partial charge < -0.3 is 24.8 Å². The number of amides is 1. The lowest BCUT2D eigenvalue weighted by Gasteiger charge is -2.55. The average Bonchev–Trinajstić information content (AvgIpc) is 3.13. The summed E-state index contributed by atoms with van der Waals surface area (Å²) in [4.78, 5) is 15.4. The Bertz CT molecular complexity index is 1040. The van der Waals surface area contributed by atoms with E-state index in [1.807, 2.05) is 31.2 Å². The highest BCUT2D eigenvalue weighted by Crippen LogP contribution is 2.60. The molecule has 1 aliphatic carbocycles. The molecule has 2 aromatic rings. The highest BCUT2D eigenvalue weighted by molar-refractivity contribution is 5.79. The van der Waals surface area contributed by atoms with Gasteiger partial charge in [0.2, 0.25) is 5.91 Å². The van der Waals surface area contributed by atoms with E-state index in [9.17, 15) is 9.90 Å². The SMILES string of the molecule is COc1ccc(CC(=O)NC(C)C2Oc3c(O)ccc4c3C23CCN(C)C(C4)C3C)cc1. The first-order valence-electron chi connectivity index (χ1n) is 11.5. The van der Waals surface area contributed by atoms with E-state index < -0.39 is 0 Å². The molecule has 2 bridgehead atoms. The van der Waals surface area contributed by atoms with Crippen molar-refractivity contribution in [2.45, 2.75) is 56.7 Å². The van der Waals surface area contributed by atoms with Gasteiger partial charge in [0.05, 0.1) is 19.6 Å². The van der Waals surface area contributed by atoms with Crippen LogP contribution < -0.4 is 14.8 Å². The van der Waals surface area contributed by atoms with Gasteiger partial charge in [-0.1, -0.05) is 25.1 Å². The molecule has 1 amide bonds. The van der Waals surface area contributed by atoms with Crippen molar-refractivity contribution >= 4 is 5.91 Å². The van der Waals surface area contributed by atoms with Crippen LogP contribution in [0.4, 0.5) is 0 Å². The van der Waals surface area contributed by atoms with Gasteiger partial charge in [-0.15, -0.1) is 0 Å². The Morgan fingerprint density at radius 1 is 1.31 bits per heavy atom. The molecule has 32 heavy (non-hydrogen) atoms. The lowest BCUT2D eigenvalue weighted by molar-refractivity contribution is -0.122. The summed E-state index contributed by atoms with van der Waals surface area (Å²) < 4.78 is 11.7. The van der Waals surface area contributed by atoms with Gasteiger partial charge in [0.1, 0.15) is 11.9 Å². The number of nitrogens with zero attached hydrogens (tertiary/aromatic N) is 1. The molecule has 6 heteroatoms. The van der Waals surface area contributed by atoms with E-state index in [2.05, 4.69) is 30.3 Å². The monoisotopic (exact) mass is 436 g/mol. The van der Waals surface area contributed by atoms with Gasteiger partial charge in [-0.3, -0.25) is 4.79 Å². The second-order valence-electron chi connectivity index (χ2n) is 9.70. The molecule has 3 aliphatic rings. The Balaban J connectivity index is 1.41. The number of carbonyl (C=O) groups is 1. The number of hydrogen-bond donors (Lipinski definition) is 2. The van der Waals surface area contributed by atoms with Gasteiger partial charge in [0, 0.05) is 17.0 Å². The van der Waals surface area contributed by atoms with Gasteiger partial charge in [-0.05, 0) is 68.6 Å². The average molecular weight is 437 g/mol. The maximum Gasteiger partial charge on any atom is 0.224 e. The van der Waals surface area contributed by atoms with E-state index >= 15 is 0 Å². The number of methoxy groups -OCH3 is 1. The Morgan fingerprint density at radius 3 is 2.78 bits per heavy atom. The summed E-state index contributed by atoms with van der Waals surface area (Å²) in [6.07, 6.45) is 2.01. The molecule has 5 unspecified atom stereocenters. The minimum absolute atomic E-state index is 0.0315. The number of phenolic OH excluding ortho intramolecular Hbond substituents is 1. The largest absolute Gasteiger partial charge is 0.504 e. The number of benzene rings is 2. The first-order valence-corrected chi connectivity index (χ1v) is 11.5. The van der Waals surface area contributed by atoms with Gasteiger partial charge >= 0.3 is 0 Å². The van der Waals surface area contributed by atoms with E-state index in [1.165, 1.54) is 11.1 Å². The molecule has 170 valence electrons. The minimum Gasteiger partial charge on any atom is -0.504 e. The quantitative estimate of drug-likeness (QED) is 0.754. The second-order valence-corrected chi connectivity index (χ2v) is 9.70. The molecule has 5 rings (SSSR count). The van der Waals surface area contributed by atoms with Crippen LogP contribution in [-0.4, -0.2) is 54.8 Å². The van der Waals surface area contributed by atoms with Crippen molar-refractivity contribution in [3.63, 3.8) is 0 Å². The van der Waals surface area contributed by atoms with Crippen LogP contribution >= 0.6 is 0 Å². The van der Waals surface area contributed by atoms with Crippen molar-refractivity contribution in [3.05, 3.63) is 53.1 Å². The summed E-state index contributed by atoms with van der Waals surface area (Å²) in [7, 11) is 3.83. The normalized spacial score (nSPS) is 29.1. The minimum atomic E-state index is -0.212. The number of aromatic hydroxyl groups is 1. The van der Waals surface area contributed by atoms with E-state index in [-0.39, 0.29) is 29.2 Å². The Morgan fingerprint density at radius 2 is 2.06 bits per heavy atom. The fourth-order valence-electron chi connectivity index (χ4n) is 6.44. The summed E-state index contributed by atoms with van der Waals surface area (Å²) in [6.45, 7) is 5.32. The Labute approximate surface area is 189 Å². The summed E-state index contributed by atoms with van der Waals surface area (Å²) >= 11 is 0. The summed E-state index contributed by atoms with van der Waals surface area (Å²) in [5.41, 5.74) is 3.18. The zero-order chi connectivity index (χ0) is 22.6. The second kappa shape index (κ2) is 7.69. The predicted octanol–water partition coefficient (Wildman–Crippen LogP) is 3.04. The molecular weight excluding hydrogens is 404 g/mol. The molecule has 0 radical (unpaired) electrons. The van der Waals surface area contributed by atoms with Crippen molar-refractivity contribution in [1.29, 1.82) is 0 Å². The molecule has 6 nitrogen and oxygen atoms in total. The molecule has 2 aromatic carbocycles. The standard InChI is InChI=1S/C26H32N2O4/c1-15-20-14-18-7-10-21(29)24-23(18)26(15,11-12-28(20)3)25(32-24)16(2)27-22(30)13-17-5-8-19(31-4)9-6-17/h5-10,15-16,20,25,29H,11-14H2,1-4H3,(H,27,30). The molecule has 1 fully saturated rings. The first kappa shape index (κ1) is 21.1. The Kier molecular flexibility index (Phi) is 5.08. The zero-order valence-corrected chi connectivity index (χ0v) is 19.2. The van der Waals surface area contributed by atoms with Gasteiger partial charge in [0.15, 0.2) is 11.5 Å². The number of carbonyl (C=O) groups excluding carboxylic acids is 1. The van der Waals surface area contributed by atoms with Crippen LogP contribution in [0.1, 0.15) is 37.0 Å². The van der Waals surface area contributed by atoms with Crippen LogP contribution in [0.5, 0.6) is 17.2 Å². The molecule has 1 spiro atoms. The van der Waals surface area contributed by atoms with E-state index in [0.717, 1.165) is 30.7 Å². The third-order valence-electron chi connectivity index (χ3n) is 8.07. The highest BCUT2D eigenvalue weighted by Gasteiger charge is 2.61. The molecular formula is C26H32N2O4. The first-order chi connectivity index (χ1) is 15.3. The van der Waals surface area contributed by atoms with Crippen LogP contribution in [-0.2, 0) is 23.1 Å². The van der Waals surface area contributed by atoms with Gasteiger partial charge in [-0.25, -0.2) is 0 Å². The number of hydrogen-bond acceptors (Lipinski definition) is 5. The highest BCUT2D eigenvalue weighted by atomic mass is 16.5. The summed E-state index contributed by atoms with van der Waals surface area (Å²) in [5, 5.41) is 13.8. The predicted molar refractivity (Wildman–Crippen MR) is 122 cm³/mol. The van der Waals surface area contributed by atoms with E-state index in [4.69, 9.17) is 9.47 Å². The van der Waals surface area contributed by atoms with Crippen LogP contribution in [0.25, 0.3) is 0 Å². The molecule has 2 N–H and O–H groups in total.